The molecule has 0 fully saturated rings. The van der Waals surface area contributed by atoms with Crippen LogP contribution in [0.4, 0.5) is 0 Å². The first-order chi connectivity index (χ1) is 7.59. The van der Waals surface area contributed by atoms with Crippen molar-refractivity contribution in [1.29, 1.82) is 0 Å². The van der Waals surface area contributed by atoms with Gasteiger partial charge in [0.05, 0.1) is 5.56 Å². The third kappa shape index (κ3) is 1.86. The van der Waals surface area contributed by atoms with Gasteiger partial charge in [-0.2, -0.15) is 0 Å². The summed E-state index contributed by atoms with van der Waals surface area (Å²) in [5.41, 5.74) is 9.44. The Morgan fingerprint density at radius 3 is 2.62 bits per heavy atom. The first-order valence-electron chi connectivity index (χ1n) is 5.04. The van der Waals surface area contributed by atoms with Crippen molar-refractivity contribution in [3.63, 3.8) is 0 Å². The van der Waals surface area contributed by atoms with Gasteiger partial charge in [-0.3, -0.25) is 4.79 Å². The maximum atomic E-state index is 11.3. The van der Waals surface area contributed by atoms with E-state index in [1.165, 1.54) is 11.1 Å². The number of hydrogen-bond donors (Lipinski definition) is 1. The van der Waals surface area contributed by atoms with Crippen LogP contribution >= 0.6 is 11.3 Å². The maximum Gasteiger partial charge on any atom is 0.250 e. The summed E-state index contributed by atoms with van der Waals surface area (Å²) in [5, 5.41) is 1.90. The molecule has 0 saturated carbocycles. The summed E-state index contributed by atoms with van der Waals surface area (Å²) in [6, 6.07) is 7.98. The van der Waals surface area contributed by atoms with Crippen molar-refractivity contribution in [2.75, 3.05) is 0 Å². The van der Waals surface area contributed by atoms with Crippen LogP contribution in [-0.2, 0) is 0 Å². The first-order valence-corrected chi connectivity index (χ1v) is 5.92. The van der Waals surface area contributed by atoms with E-state index in [4.69, 9.17) is 5.73 Å². The van der Waals surface area contributed by atoms with E-state index < -0.39 is 0 Å². The molecule has 1 aromatic carbocycles. The molecule has 0 aliphatic rings. The van der Waals surface area contributed by atoms with Crippen molar-refractivity contribution in [2.45, 2.75) is 13.8 Å². The number of rotatable bonds is 2. The molecule has 0 spiro atoms. The van der Waals surface area contributed by atoms with Crippen LogP contribution in [0, 0.1) is 13.8 Å². The Balaban J connectivity index is 2.59. The standard InChI is InChI=1S/C13H13NOS/c1-8-3-4-10(9(2)7-8)12-11(13(14)15)5-6-16-12/h3-7H,1-2H3,(H2,14,15). The van der Waals surface area contributed by atoms with Gasteiger partial charge < -0.3 is 5.73 Å². The van der Waals surface area contributed by atoms with E-state index in [1.54, 1.807) is 17.4 Å². The van der Waals surface area contributed by atoms with Crippen LogP contribution in [0.3, 0.4) is 0 Å². The fourth-order valence-electron chi connectivity index (χ4n) is 1.78. The van der Waals surface area contributed by atoms with E-state index in [2.05, 4.69) is 13.0 Å². The zero-order chi connectivity index (χ0) is 11.7. The quantitative estimate of drug-likeness (QED) is 0.847. The van der Waals surface area contributed by atoms with Crippen LogP contribution in [0.25, 0.3) is 10.4 Å². The van der Waals surface area contributed by atoms with Crippen LogP contribution < -0.4 is 5.73 Å². The highest BCUT2D eigenvalue weighted by atomic mass is 32.1. The molecule has 0 atom stereocenters. The Bertz CT molecular complexity index is 543. The molecule has 0 bridgehead atoms. The summed E-state index contributed by atoms with van der Waals surface area (Å²) < 4.78 is 0. The van der Waals surface area contributed by atoms with Gasteiger partial charge in [0.2, 0.25) is 5.91 Å². The van der Waals surface area contributed by atoms with E-state index in [-0.39, 0.29) is 5.91 Å². The number of carbonyl (C=O) groups excluding carboxylic acids is 1. The lowest BCUT2D eigenvalue weighted by molar-refractivity contribution is 0.100. The predicted molar refractivity (Wildman–Crippen MR) is 67.7 cm³/mol. The molecule has 2 N–H and O–H groups in total. The molecule has 2 aromatic rings. The molecule has 0 unspecified atom stereocenters. The largest absolute Gasteiger partial charge is 0.366 e. The molecule has 16 heavy (non-hydrogen) atoms. The lowest BCUT2D eigenvalue weighted by Gasteiger charge is -2.06. The van der Waals surface area contributed by atoms with E-state index >= 15 is 0 Å². The summed E-state index contributed by atoms with van der Waals surface area (Å²) in [6.45, 7) is 4.10. The van der Waals surface area contributed by atoms with Crippen LogP contribution in [0.5, 0.6) is 0 Å². The van der Waals surface area contributed by atoms with Gasteiger partial charge in [0.1, 0.15) is 0 Å². The highest BCUT2D eigenvalue weighted by molar-refractivity contribution is 7.14. The molecule has 1 amide bonds. The van der Waals surface area contributed by atoms with E-state index in [1.807, 2.05) is 24.4 Å². The summed E-state index contributed by atoms with van der Waals surface area (Å²) >= 11 is 1.55. The smallest absolute Gasteiger partial charge is 0.250 e. The van der Waals surface area contributed by atoms with Gasteiger partial charge in [0.25, 0.3) is 0 Å². The lowest BCUT2D eigenvalue weighted by atomic mass is 10.0. The molecule has 3 heteroatoms. The first kappa shape index (κ1) is 10.9. The summed E-state index contributed by atoms with van der Waals surface area (Å²) in [7, 11) is 0. The Labute approximate surface area is 98.7 Å². The van der Waals surface area contributed by atoms with Gasteiger partial charge in [-0.15, -0.1) is 11.3 Å². The summed E-state index contributed by atoms with van der Waals surface area (Å²) in [4.78, 5) is 12.2. The van der Waals surface area contributed by atoms with Crippen molar-refractivity contribution in [1.82, 2.24) is 0 Å². The number of primary amides is 1. The van der Waals surface area contributed by atoms with Crippen molar-refractivity contribution >= 4 is 17.2 Å². The van der Waals surface area contributed by atoms with Crippen molar-refractivity contribution in [3.05, 3.63) is 46.3 Å². The molecule has 2 rings (SSSR count). The normalized spacial score (nSPS) is 10.4. The number of nitrogens with two attached hydrogens (primary N) is 1. The van der Waals surface area contributed by atoms with Crippen molar-refractivity contribution in [3.8, 4) is 10.4 Å². The fraction of sp³-hybridized carbons (Fsp3) is 0.154. The fourth-order valence-corrected chi connectivity index (χ4v) is 2.77. The van der Waals surface area contributed by atoms with Crippen LogP contribution in [0.15, 0.2) is 29.6 Å². The SMILES string of the molecule is Cc1ccc(-c2sccc2C(N)=O)c(C)c1. The second-order valence-corrected chi connectivity index (χ2v) is 4.76. The Morgan fingerprint density at radius 2 is 2.00 bits per heavy atom. The highest BCUT2D eigenvalue weighted by Gasteiger charge is 2.12. The molecule has 0 radical (unpaired) electrons. The third-order valence-electron chi connectivity index (χ3n) is 2.56. The number of thiophene rings is 1. The average molecular weight is 231 g/mol. The molecular weight excluding hydrogens is 218 g/mol. The van der Waals surface area contributed by atoms with Gasteiger partial charge in [-0.25, -0.2) is 0 Å². The summed E-state index contributed by atoms with van der Waals surface area (Å²) in [5.74, 6) is -0.365. The zero-order valence-electron chi connectivity index (χ0n) is 9.28. The third-order valence-corrected chi connectivity index (χ3v) is 3.50. The molecular formula is C13H13NOS. The van der Waals surface area contributed by atoms with Gasteiger partial charge >= 0.3 is 0 Å². The van der Waals surface area contributed by atoms with Gasteiger partial charge in [-0.05, 0) is 36.4 Å². The minimum atomic E-state index is -0.365. The molecule has 0 saturated heterocycles. The minimum absolute atomic E-state index is 0.365. The van der Waals surface area contributed by atoms with Gasteiger partial charge in [0, 0.05) is 4.88 Å². The second-order valence-electron chi connectivity index (χ2n) is 3.85. The monoisotopic (exact) mass is 231 g/mol. The maximum absolute atomic E-state index is 11.3. The van der Waals surface area contributed by atoms with E-state index in [0.717, 1.165) is 10.4 Å². The molecule has 1 aromatic heterocycles. The molecule has 82 valence electrons. The Kier molecular flexibility index (Phi) is 2.79. The lowest BCUT2D eigenvalue weighted by Crippen LogP contribution is -2.10. The number of benzene rings is 1. The Morgan fingerprint density at radius 1 is 1.25 bits per heavy atom. The average Bonchev–Trinajstić information content (AvgIpc) is 2.66. The zero-order valence-corrected chi connectivity index (χ0v) is 10.1. The molecule has 1 heterocycles. The molecule has 2 nitrogen and oxygen atoms in total. The topological polar surface area (TPSA) is 43.1 Å². The molecule has 0 aliphatic carbocycles. The number of hydrogen-bond acceptors (Lipinski definition) is 2. The van der Waals surface area contributed by atoms with E-state index in [9.17, 15) is 4.79 Å². The number of amides is 1. The van der Waals surface area contributed by atoms with Gasteiger partial charge in [0.15, 0.2) is 0 Å². The predicted octanol–water partition coefficient (Wildman–Crippen LogP) is 3.13. The number of aryl methyl sites for hydroxylation is 2. The van der Waals surface area contributed by atoms with Crippen LogP contribution in [0.2, 0.25) is 0 Å². The summed E-state index contributed by atoms with van der Waals surface area (Å²) in [6.07, 6.45) is 0. The minimum Gasteiger partial charge on any atom is -0.366 e. The number of carbonyl (C=O) groups is 1. The highest BCUT2D eigenvalue weighted by Crippen LogP contribution is 2.32. The van der Waals surface area contributed by atoms with Crippen molar-refractivity contribution < 1.29 is 4.79 Å². The van der Waals surface area contributed by atoms with Crippen LogP contribution in [0.1, 0.15) is 21.5 Å². The van der Waals surface area contributed by atoms with Crippen LogP contribution in [-0.4, -0.2) is 5.91 Å². The van der Waals surface area contributed by atoms with E-state index in [0.29, 0.717) is 5.56 Å². The molecule has 0 aliphatic heterocycles. The second kappa shape index (κ2) is 4.10. The van der Waals surface area contributed by atoms with Crippen molar-refractivity contribution in [2.24, 2.45) is 5.73 Å². The Hall–Kier alpha value is -1.61. The van der Waals surface area contributed by atoms with Gasteiger partial charge in [-0.1, -0.05) is 23.8 Å².